The summed E-state index contributed by atoms with van der Waals surface area (Å²) < 4.78 is 0. The molecule has 1 fully saturated rings. The quantitative estimate of drug-likeness (QED) is 0.590. The van der Waals surface area contributed by atoms with Crippen molar-refractivity contribution in [3.8, 4) is 0 Å². The number of aliphatic hydroxyl groups excluding tert-OH is 1. The van der Waals surface area contributed by atoms with Crippen LogP contribution < -0.4 is 4.90 Å². The average Bonchev–Trinajstić information content (AvgIpc) is 3.26. The largest absolute Gasteiger partial charge is 0.396 e. The molecule has 1 unspecified atom stereocenters. The first-order chi connectivity index (χ1) is 13.8. The molecule has 3 rings (SSSR count). The molecule has 1 saturated heterocycles. The van der Waals surface area contributed by atoms with Crippen molar-refractivity contribution in [2.24, 2.45) is 0 Å². The van der Waals surface area contributed by atoms with E-state index in [1.807, 2.05) is 0 Å². The molecule has 1 aliphatic rings. The number of hydrogen-bond acceptors (Lipinski definition) is 3. The molecule has 0 saturated carbocycles. The lowest BCUT2D eigenvalue weighted by atomic mass is 9.98. The van der Waals surface area contributed by atoms with Crippen LogP contribution in [0.25, 0.3) is 0 Å². The van der Waals surface area contributed by atoms with Crippen molar-refractivity contribution in [2.45, 2.75) is 51.5 Å². The monoisotopic (exact) mass is 380 g/mol. The number of para-hydroxylation sites is 1. The van der Waals surface area contributed by atoms with E-state index in [-0.39, 0.29) is 12.6 Å². The van der Waals surface area contributed by atoms with E-state index in [0.29, 0.717) is 0 Å². The van der Waals surface area contributed by atoms with Crippen LogP contribution in [0.1, 0.15) is 56.2 Å². The lowest BCUT2D eigenvalue weighted by Gasteiger charge is -2.35. The molecule has 1 aliphatic heterocycles. The van der Waals surface area contributed by atoms with Gasteiger partial charge in [-0.3, -0.25) is 0 Å². The second-order valence-corrected chi connectivity index (χ2v) is 7.95. The zero-order valence-electron chi connectivity index (χ0n) is 17.4. The summed E-state index contributed by atoms with van der Waals surface area (Å²) in [5.74, 6) is 0. The summed E-state index contributed by atoms with van der Waals surface area (Å²) in [6.07, 6.45) is 7.02. The van der Waals surface area contributed by atoms with Crippen molar-refractivity contribution in [1.29, 1.82) is 0 Å². The van der Waals surface area contributed by atoms with Crippen LogP contribution in [-0.2, 0) is 6.42 Å². The normalized spacial score (nSPS) is 15.6. The Bertz CT molecular complexity index is 665. The maximum atomic E-state index is 9.81. The van der Waals surface area contributed by atoms with Gasteiger partial charge in [0.2, 0.25) is 0 Å². The molecule has 1 heterocycles. The van der Waals surface area contributed by atoms with Crippen molar-refractivity contribution in [1.82, 2.24) is 4.90 Å². The molecule has 3 heteroatoms. The number of likely N-dealkylation sites (tertiary alicyclic amines) is 1. The van der Waals surface area contributed by atoms with E-state index in [4.69, 9.17) is 0 Å². The van der Waals surface area contributed by atoms with Crippen LogP contribution >= 0.6 is 0 Å². The molecule has 2 aromatic carbocycles. The molecule has 2 aromatic rings. The van der Waals surface area contributed by atoms with Crippen LogP contribution in [0.15, 0.2) is 54.6 Å². The minimum atomic E-state index is 0.204. The summed E-state index contributed by atoms with van der Waals surface area (Å²) >= 11 is 0. The molecule has 152 valence electrons. The van der Waals surface area contributed by atoms with E-state index in [1.165, 1.54) is 55.6 Å². The molecule has 0 bridgehead atoms. The lowest BCUT2D eigenvalue weighted by Crippen LogP contribution is -2.37. The third-order valence-corrected chi connectivity index (χ3v) is 5.91. The Balaban J connectivity index is 1.80. The van der Waals surface area contributed by atoms with E-state index >= 15 is 0 Å². The first-order valence-corrected chi connectivity index (χ1v) is 11.1. The SMILES string of the molecule is CCCCc1ccc(C(CCO)N(CCN2CCCC2)c2ccccc2)cc1. The minimum Gasteiger partial charge on any atom is -0.396 e. The molecular formula is C25H36N2O. The van der Waals surface area contributed by atoms with Gasteiger partial charge in [0, 0.05) is 25.4 Å². The predicted octanol–water partition coefficient (Wildman–Crippen LogP) is 5.06. The highest BCUT2D eigenvalue weighted by molar-refractivity contribution is 5.49. The van der Waals surface area contributed by atoms with Crippen LogP contribution in [-0.4, -0.2) is 42.8 Å². The lowest BCUT2D eigenvalue weighted by molar-refractivity contribution is 0.270. The second-order valence-electron chi connectivity index (χ2n) is 7.95. The van der Waals surface area contributed by atoms with Gasteiger partial charge in [0.05, 0.1) is 6.04 Å². The first kappa shape index (κ1) is 20.9. The topological polar surface area (TPSA) is 26.7 Å². The Hall–Kier alpha value is -1.84. The molecule has 0 aliphatic carbocycles. The van der Waals surface area contributed by atoms with Gasteiger partial charge in [0.15, 0.2) is 0 Å². The Labute approximate surface area is 171 Å². The van der Waals surface area contributed by atoms with Crippen molar-refractivity contribution < 1.29 is 5.11 Å². The van der Waals surface area contributed by atoms with Gasteiger partial charge in [0.25, 0.3) is 0 Å². The van der Waals surface area contributed by atoms with Gasteiger partial charge in [-0.1, -0.05) is 55.8 Å². The first-order valence-electron chi connectivity index (χ1n) is 11.1. The van der Waals surface area contributed by atoms with E-state index in [9.17, 15) is 5.11 Å². The van der Waals surface area contributed by atoms with Crippen LogP contribution in [0, 0.1) is 0 Å². The number of aryl methyl sites for hydroxylation is 1. The van der Waals surface area contributed by atoms with Gasteiger partial charge < -0.3 is 14.9 Å². The fraction of sp³-hybridized carbons (Fsp3) is 0.520. The maximum Gasteiger partial charge on any atom is 0.0564 e. The van der Waals surface area contributed by atoms with Crippen molar-refractivity contribution in [3.05, 3.63) is 65.7 Å². The number of hydrogen-bond donors (Lipinski definition) is 1. The zero-order valence-corrected chi connectivity index (χ0v) is 17.4. The fourth-order valence-corrected chi connectivity index (χ4v) is 4.25. The summed E-state index contributed by atoms with van der Waals surface area (Å²) in [6.45, 7) is 6.97. The molecule has 28 heavy (non-hydrogen) atoms. The van der Waals surface area contributed by atoms with Gasteiger partial charge in [-0.2, -0.15) is 0 Å². The van der Waals surface area contributed by atoms with E-state index < -0.39 is 0 Å². The summed E-state index contributed by atoms with van der Waals surface area (Å²) in [6, 6.07) is 20.0. The molecule has 3 nitrogen and oxygen atoms in total. The molecular weight excluding hydrogens is 344 g/mol. The Kier molecular flexibility index (Phi) is 8.38. The van der Waals surface area contributed by atoms with Crippen LogP contribution in [0.5, 0.6) is 0 Å². The highest BCUT2D eigenvalue weighted by Crippen LogP contribution is 2.30. The summed E-state index contributed by atoms with van der Waals surface area (Å²) in [5.41, 5.74) is 3.96. The predicted molar refractivity (Wildman–Crippen MR) is 119 cm³/mol. The van der Waals surface area contributed by atoms with Crippen LogP contribution in [0.3, 0.4) is 0 Å². The molecule has 1 atom stereocenters. The van der Waals surface area contributed by atoms with E-state index in [0.717, 1.165) is 25.9 Å². The highest BCUT2D eigenvalue weighted by Gasteiger charge is 2.22. The van der Waals surface area contributed by atoms with E-state index in [1.54, 1.807) is 0 Å². The van der Waals surface area contributed by atoms with Crippen molar-refractivity contribution in [2.75, 3.05) is 37.7 Å². The van der Waals surface area contributed by atoms with Gasteiger partial charge in [0.1, 0.15) is 0 Å². The van der Waals surface area contributed by atoms with Crippen LogP contribution in [0.2, 0.25) is 0 Å². The molecule has 1 N–H and O–H groups in total. The standard InChI is InChI=1S/C25H36N2O/c1-2-3-9-22-12-14-23(15-13-22)25(16-21-28)27(24-10-5-4-6-11-24)20-19-26-17-7-8-18-26/h4-6,10-15,25,28H,2-3,7-9,16-21H2,1H3. The molecule has 0 aromatic heterocycles. The zero-order chi connectivity index (χ0) is 19.6. The highest BCUT2D eigenvalue weighted by atomic mass is 16.3. The van der Waals surface area contributed by atoms with Gasteiger partial charge in [-0.15, -0.1) is 0 Å². The van der Waals surface area contributed by atoms with Gasteiger partial charge in [-0.25, -0.2) is 0 Å². The Morgan fingerprint density at radius 1 is 1.00 bits per heavy atom. The van der Waals surface area contributed by atoms with E-state index in [2.05, 4.69) is 71.3 Å². The van der Waals surface area contributed by atoms with Crippen LogP contribution in [0.4, 0.5) is 5.69 Å². The minimum absolute atomic E-state index is 0.204. The third-order valence-electron chi connectivity index (χ3n) is 5.91. The van der Waals surface area contributed by atoms with Gasteiger partial charge in [-0.05, 0) is 68.5 Å². The summed E-state index contributed by atoms with van der Waals surface area (Å²) in [5, 5.41) is 9.81. The fourth-order valence-electron chi connectivity index (χ4n) is 4.25. The number of rotatable bonds is 11. The second kappa shape index (κ2) is 11.2. The Morgan fingerprint density at radius 2 is 1.71 bits per heavy atom. The number of nitrogens with zero attached hydrogens (tertiary/aromatic N) is 2. The number of unbranched alkanes of at least 4 members (excludes halogenated alkanes) is 1. The Morgan fingerprint density at radius 3 is 2.36 bits per heavy atom. The summed E-state index contributed by atoms with van der Waals surface area (Å²) in [4.78, 5) is 5.06. The van der Waals surface area contributed by atoms with Crippen molar-refractivity contribution >= 4 is 5.69 Å². The maximum absolute atomic E-state index is 9.81. The van der Waals surface area contributed by atoms with Gasteiger partial charge >= 0.3 is 0 Å². The average molecular weight is 381 g/mol. The smallest absolute Gasteiger partial charge is 0.0564 e. The summed E-state index contributed by atoms with van der Waals surface area (Å²) in [7, 11) is 0. The number of aliphatic hydroxyl groups is 1. The van der Waals surface area contributed by atoms with Crippen molar-refractivity contribution in [3.63, 3.8) is 0 Å². The third kappa shape index (κ3) is 5.83. The molecule has 0 spiro atoms. The molecule has 0 radical (unpaired) electrons. The molecule has 0 amide bonds. The number of benzene rings is 2. The number of anilines is 1.